The van der Waals surface area contributed by atoms with E-state index in [-0.39, 0.29) is 0 Å². The topological polar surface area (TPSA) is 113 Å². The molecule has 9 nitrogen and oxygen atoms in total. The van der Waals surface area contributed by atoms with Gasteiger partial charge in [0.1, 0.15) is 11.0 Å². The second-order valence-corrected chi connectivity index (χ2v) is 6.92. The van der Waals surface area contributed by atoms with Gasteiger partial charge in [0.15, 0.2) is 11.5 Å². The van der Waals surface area contributed by atoms with E-state index in [1.54, 1.807) is 37.2 Å². The Kier molecular flexibility index (Phi) is 4.47. The van der Waals surface area contributed by atoms with Gasteiger partial charge in [-0.15, -0.1) is 0 Å². The van der Waals surface area contributed by atoms with Gasteiger partial charge < -0.3 is 9.55 Å². The van der Waals surface area contributed by atoms with Crippen LogP contribution in [0.4, 0.5) is 0 Å². The predicted molar refractivity (Wildman–Crippen MR) is 121 cm³/mol. The Hall–Kier alpha value is -4.40. The Morgan fingerprint density at radius 1 is 1.16 bits per heavy atom. The molecule has 0 aliphatic rings. The monoisotopic (exact) mass is 409 g/mol. The number of hydrogen-bond donors (Lipinski definition) is 2. The number of aromatic amines is 2. The lowest BCUT2D eigenvalue weighted by atomic mass is 10.1. The summed E-state index contributed by atoms with van der Waals surface area (Å²) in [7, 11) is 0. The van der Waals surface area contributed by atoms with E-state index in [0.29, 0.717) is 17.0 Å². The zero-order valence-electron chi connectivity index (χ0n) is 17.0. The molecular weight excluding hydrogens is 390 g/mol. The van der Waals surface area contributed by atoms with Crippen molar-refractivity contribution in [3.8, 4) is 17.2 Å². The fourth-order valence-corrected chi connectivity index (χ4v) is 3.38. The lowest BCUT2D eigenvalue weighted by Crippen LogP contribution is -1.93. The lowest BCUT2D eigenvalue weighted by molar-refractivity contribution is 1.05. The highest BCUT2D eigenvalue weighted by molar-refractivity contribution is 5.92. The van der Waals surface area contributed by atoms with Crippen LogP contribution in [0, 0.1) is 6.92 Å². The van der Waals surface area contributed by atoms with Gasteiger partial charge >= 0.3 is 0 Å². The van der Waals surface area contributed by atoms with Crippen LogP contribution in [0.1, 0.15) is 18.3 Å². The van der Waals surface area contributed by atoms with Crippen LogP contribution < -0.4 is 0 Å². The quantitative estimate of drug-likeness (QED) is 0.336. The standard InChI is InChI=1S/C22H19N9/c1-4-14(8-23-5-2)15-6-7-16-20(26-15)21(30-29-16)22-27-17-9-24-10-18(19(17)28-22)31-11-13(3)25-12-31/h4-12H,1H2,2-3H3,(H,27,28)(H,29,30)/b14-8+,23-5?. The Morgan fingerprint density at radius 3 is 2.84 bits per heavy atom. The van der Waals surface area contributed by atoms with Crippen molar-refractivity contribution in [2.24, 2.45) is 4.99 Å². The minimum Gasteiger partial charge on any atom is -0.335 e. The highest BCUT2D eigenvalue weighted by Crippen LogP contribution is 2.28. The molecule has 0 spiro atoms. The van der Waals surface area contributed by atoms with Crippen LogP contribution in [0.5, 0.6) is 0 Å². The summed E-state index contributed by atoms with van der Waals surface area (Å²) >= 11 is 0. The van der Waals surface area contributed by atoms with Crippen molar-refractivity contribution >= 4 is 33.9 Å². The maximum absolute atomic E-state index is 4.81. The summed E-state index contributed by atoms with van der Waals surface area (Å²) in [6.07, 6.45) is 12.4. The van der Waals surface area contributed by atoms with Gasteiger partial charge in [-0.05, 0) is 26.0 Å². The molecule has 9 heteroatoms. The first-order valence-electron chi connectivity index (χ1n) is 9.69. The molecule has 0 bridgehead atoms. The molecule has 0 aliphatic carbocycles. The second kappa shape index (κ2) is 7.45. The van der Waals surface area contributed by atoms with Crippen molar-refractivity contribution < 1.29 is 0 Å². The molecule has 5 rings (SSSR count). The number of imidazole rings is 2. The van der Waals surface area contributed by atoms with Crippen LogP contribution in [0.25, 0.3) is 44.8 Å². The maximum atomic E-state index is 4.81. The summed E-state index contributed by atoms with van der Waals surface area (Å²) in [5.74, 6) is 0.604. The molecule has 0 aliphatic heterocycles. The highest BCUT2D eigenvalue weighted by Gasteiger charge is 2.17. The average molecular weight is 409 g/mol. The maximum Gasteiger partial charge on any atom is 0.161 e. The van der Waals surface area contributed by atoms with E-state index in [9.17, 15) is 0 Å². The van der Waals surface area contributed by atoms with Crippen LogP contribution >= 0.6 is 0 Å². The van der Waals surface area contributed by atoms with Crippen molar-refractivity contribution in [1.82, 2.24) is 39.7 Å². The van der Waals surface area contributed by atoms with Crippen molar-refractivity contribution in [1.29, 1.82) is 0 Å². The van der Waals surface area contributed by atoms with Crippen LogP contribution in [-0.4, -0.2) is 45.9 Å². The highest BCUT2D eigenvalue weighted by atomic mass is 15.2. The number of rotatable bonds is 5. The van der Waals surface area contributed by atoms with Crippen molar-refractivity contribution in [2.45, 2.75) is 13.8 Å². The van der Waals surface area contributed by atoms with Crippen LogP contribution in [0.15, 0.2) is 60.9 Å². The van der Waals surface area contributed by atoms with Crippen LogP contribution in [-0.2, 0) is 0 Å². The van der Waals surface area contributed by atoms with Crippen molar-refractivity contribution in [3.63, 3.8) is 0 Å². The number of nitrogens with one attached hydrogen (secondary N) is 2. The number of fused-ring (bicyclic) bond motifs is 2. The van der Waals surface area contributed by atoms with Crippen molar-refractivity contribution in [3.05, 3.63) is 67.3 Å². The molecule has 152 valence electrons. The molecule has 0 aromatic carbocycles. The Morgan fingerprint density at radius 2 is 2.06 bits per heavy atom. The summed E-state index contributed by atoms with van der Waals surface area (Å²) in [6.45, 7) is 7.67. The largest absolute Gasteiger partial charge is 0.335 e. The summed E-state index contributed by atoms with van der Waals surface area (Å²) in [5, 5.41) is 7.49. The fourth-order valence-electron chi connectivity index (χ4n) is 3.38. The molecule has 5 aromatic heterocycles. The van der Waals surface area contributed by atoms with Gasteiger partial charge in [-0.1, -0.05) is 12.7 Å². The molecule has 0 amide bonds. The third-order valence-electron chi connectivity index (χ3n) is 4.88. The Labute approximate surface area is 177 Å². The zero-order valence-corrected chi connectivity index (χ0v) is 17.0. The average Bonchev–Trinajstić information content (AvgIpc) is 3.51. The minimum absolute atomic E-state index is 0.604. The first-order valence-corrected chi connectivity index (χ1v) is 9.69. The third kappa shape index (κ3) is 3.21. The van der Waals surface area contributed by atoms with Crippen LogP contribution in [0.2, 0.25) is 0 Å². The SMILES string of the molecule is C=C/C(=C\N=CC)c1ccc2[nH]nc(-c3nc4c(-n5cnc(C)c5)cncc4[nH]3)c2n1. The van der Waals surface area contributed by atoms with E-state index in [2.05, 4.69) is 36.7 Å². The normalized spacial score (nSPS) is 12.4. The van der Waals surface area contributed by atoms with E-state index in [1.807, 2.05) is 36.7 Å². The molecule has 2 N–H and O–H groups in total. The summed E-state index contributed by atoms with van der Waals surface area (Å²) in [5.41, 5.74) is 7.05. The number of aryl methyl sites for hydroxylation is 1. The smallest absolute Gasteiger partial charge is 0.161 e. The van der Waals surface area contributed by atoms with Gasteiger partial charge in [-0.2, -0.15) is 5.10 Å². The fraction of sp³-hybridized carbons (Fsp3) is 0.0909. The molecule has 0 saturated heterocycles. The summed E-state index contributed by atoms with van der Waals surface area (Å²) in [4.78, 5) is 25.7. The Bertz CT molecular complexity index is 1480. The number of allylic oxidation sites excluding steroid dienone is 2. The number of nitrogens with zero attached hydrogens (tertiary/aromatic N) is 7. The number of aromatic nitrogens is 8. The van der Waals surface area contributed by atoms with Gasteiger partial charge in [-0.3, -0.25) is 15.1 Å². The van der Waals surface area contributed by atoms with Crippen molar-refractivity contribution in [2.75, 3.05) is 0 Å². The van der Waals surface area contributed by atoms with E-state index < -0.39 is 0 Å². The predicted octanol–water partition coefficient (Wildman–Crippen LogP) is 4.01. The van der Waals surface area contributed by atoms with Gasteiger partial charge in [0.25, 0.3) is 0 Å². The van der Waals surface area contributed by atoms with E-state index >= 15 is 0 Å². The van der Waals surface area contributed by atoms with Gasteiger partial charge in [0.2, 0.25) is 0 Å². The molecule has 0 fully saturated rings. The van der Waals surface area contributed by atoms with E-state index in [1.165, 1.54) is 0 Å². The van der Waals surface area contributed by atoms with Gasteiger partial charge in [-0.25, -0.2) is 15.0 Å². The molecule has 0 unspecified atom stereocenters. The van der Waals surface area contributed by atoms with E-state index in [0.717, 1.165) is 39.2 Å². The van der Waals surface area contributed by atoms with E-state index in [4.69, 9.17) is 9.97 Å². The van der Waals surface area contributed by atoms with Gasteiger partial charge in [0.05, 0.1) is 46.8 Å². The summed E-state index contributed by atoms with van der Waals surface area (Å²) < 4.78 is 1.91. The number of pyridine rings is 2. The van der Waals surface area contributed by atoms with Crippen LogP contribution in [0.3, 0.4) is 0 Å². The second-order valence-electron chi connectivity index (χ2n) is 6.92. The Balaban J connectivity index is 1.66. The minimum atomic E-state index is 0.604. The zero-order chi connectivity index (χ0) is 21.4. The first kappa shape index (κ1) is 18.6. The molecule has 5 aromatic rings. The number of H-pyrrole nitrogens is 2. The molecule has 31 heavy (non-hydrogen) atoms. The summed E-state index contributed by atoms with van der Waals surface area (Å²) in [6, 6.07) is 3.84. The number of hydrogen-bond acceptors (Lipinski definition) is 6. The lowest BCUT2D eigenvalue weighted by Gasteiger charge is -2.01. The molecule has 0 saturated carbocycles. The molecule has 0 atom stereocenters. The third-order valence-corrected chi connectivity index (χ3v) is 4.88. The number of aliphatic imine (C=N–C) groups is 1. The first-order chi connectivity index (χ1) is 15.2. The molecule has 5 heterocycles. The molecular formula is C22H19N9. The van der Waals surface area contributed by atoms with Gasteiger partial charge in [0, 0.05) is 24.2 Å². The molecule has 0 radical (unpaired) electrons.